The number of rotatable bonds is 4. The van der Waals surface area contributed by atoms with Crippen LogP contribution in [0, 0.1) is 6.92 Å². The molecular formula is C18H17N5O3S. The number of fused-ring (bicyclic) bond motifs is 2. The van der Waals surface area contributed by atoms with Gasteiger partial charge in [0.2, 0.25) is 10.9 Å². The Morgan fingerprint density at radius 1 is 1.33 bits per heavy atom. The third-order valence-corrected chi connectivity index (χ3v) is 5.42. The van der Waals surface area contributed by atoms with Crippen molar-refractivity contribution < 1.29 is 9.59 Å². The SMILES string of the molecule is CCC(C(=O)Nc1csc2nc(=O)c(C)nn12)N1Cc2ccccc2C1=O. The van der Waals surface area contributed by atoms with Crippen LogP contribution in [-0.4, -0.2) is 37.4 Å². The molecule has 1 aromatic carbocycles. The maximum atomic E-state index is 12.9. The number of aryl methyl sites for hydroxylation is 1. The van der Waals surface area contributed by atoms with Crippen LogP contribution in [0.3, 0.4) is 0 Å². The fourth-order valence-electron chi connectivity index (χ4n) is 3.21. The van der Waals surface area contributed by atoms with Crippen LogP contribution in [0.4, 0.5) is 5.82 Å². The Bertz CT molecular complexity index is 1120. The number of nitrogens with zero attached hydrogens (tertiary/aromatic N) is 4. The molecule has 2 amide bonds. The number of carbonyl (C=O) groups is 2. The number of nitrogens with one attached hydrogen (secondary N) is 1. The summed E-state index contributed by atoms with van der Waals surface area (Å²) in [6.07, 6.45) is 0.480. The zero-order chi connectivity index (χ0) is 19.1. The second-order valence-electron chi connectivity index (χ2n) is 6.32. The van der Waals surface area contributed by atoms with E-state index in [4.69, 9.17) is 0 Å². The van der Waals surface area contributed by atoms with Crippen LogP contribution in [0.15, 0.2) is 34.4 Å². The number of hydrogen-bond donors (Lipinski definition) is 1. The lowest BCUT2D eigenvalue weighted by atomic mass is 10.1. The molecule has 3 heterocycles. The van der Waals surface area contributed by atoms with Crippen molar-refractivity contribution in [3.05, 3.63) is 56.8 Å². The van der Waals surface area contributed by atoms with Crippen LogP contribution in [0.1, 0.15) is 35.0 Å². The molecule has 138 valence electrons. The molecule has 0 fully saturated rings. The van der Waals surface area contributed by atoms with Crippen molar-refractivity contribution in [3.63, 3.8) is 0 Å². The zero-order valence-corrected chi connectivity index (χ0v) is 15.6. The number of carbonyl (C=O) groups excluding carboxylic acids is 2. The lowest BCUT2D eigenvalue weighted by molar-refractivity contribution is -0.120. The van der Waals surface area contributed by atoms with Crippen molar-refractivity contribution in [3.8, 4) is 0 Å². The van der Waals surface area contributed by atoms with E-state index in [1.54, 1.807) is 23.3 Å². The van der Waals surface area contributed by atoms with Crippen molar-refractivity contribution in [1.82, 2.24) is 19.5 Å². The van der Waals surface area contributed by atoms with E-state index in [0.717, 1.165) is 5.56 Å². The standard InChI is InChI=1S/C18H17N5O3S/c1-3-13(22-8-11-6-4-5-7-12(11)17(22)26)16(25)19-14-9-27-18-20-15(24)10(2)21-23(14)18/h4-7,9,13H,3,8H2,1-2H3,(H,19,25). The van der Waals surface area contributed by atoms with E-state index in [9.17, 15) is 14.4 Å². The van der Waals surface area contributed by atoms with E-state index in [2.05, 4.69) is 15.4 Å². The van der Waals surface area contributed by atoms with E-state index < -0.39 is 6.04 Å². The van der Waals surface area contributed by atoms with Gasteiger partial charge in [0.15, 0.2) is 0 Å². The van der Waals surface area contributed by atoms with Crippen molar-refractivity contribution >= 4 is 33.9 Å². The van der Waals surface area contributed by atoms with Crippen molar-refractivity contribution in [2.24, 2.45) is 0 Å². The average molecular weight is 383 g/mol. The first kappa shape index (κ1) is 17.3. The normalized spacial score (nSPS) is 14.4. The molecule has 1 unspecified atom stereocenters. The first-order chi connectivity index (χ1) is 13.0. The maximum absolute atomic E-state index is 12.9. The highest BCUT2D eigenvalue weighted by atomic mass is 32.1. The minimum absolute atomic E-state index is 0.137. The highest BCUT2D eigenvalue weighted by Crippen LogP contribution is 2.26. The predicted molar refractivity (Wildman–Crippen MR) is 101 cm³/mol. The quantitative estimate of drug-likeness (QED) is 0.741. The molecule has 0 aliphatic carbocycles. The summed E-state index contributed by atoms with van der Waals surface area (Å²) in [6.45, 7) is 3.85. The molecule has 0 saturated carbocycles. The molecule has 0 bridgehead atoms. The van der Waals surface area contributed by atoms with Crippen LogP contribution in [-0.2, 0) is 11.3 Å². The molecule has 1 N–H and O–H groups in total. The fourth-order valence-corrected chi connectivity index (χ4v) is 3.96. The Balaban J connectivity index is 1.60. The summed E-state index contributed by atoms with van der Waals surface area (Å²) in [4.78, 5) is 43.1. The van der Waals surface area contributed by atoms with Crippen LogP contribution >= 0.6 is 11.3 Å². The molecule has 3 aromatic rings. The van der Waals surface area contributed by atoms with E-state index >= 15 is 0 Å². The Morgan fingerprint density at radius 3 is 2.85 bits per heavy atom. The largest absolute Gasteiger partial charge is 0.322 e. The number of benzene rings is 1. The van der Waals surface area contributed by atoms with Crippen LogP contribution in [0.2, 0.25) is 0 Å². The summed E-state index contributed by atoms with van der Waals surface area (Å²) in [6, 6.07) is 6.78. The lowest BCUT2D eigenvalue weighted by Crippen LogP contribution is -2.44. The summed E-state index contributed by atoms with van der Waals surface area (Å²) in [5.74, 6) is -0.00298. The van der Waals surface area contributed by atoms with E-state index in [1.807, 2.05) is 25.1 Å². The van der Waals surface area contributed by atoms with Gasteiger partial charge in [0.25, 0.3) is 11.5 Å². The molecule has 1 aliphatic heterocycles. The van der Waals surface area contributed by atoms with Gasteiger partial charge in [0.1, 0.15) is 17.6 Å². The van der Waals surface area contributed by atoms with Gasteiger partial charge in [-0.3, -0.25) is 14.4 Å². The molecule has 2 aromatic heterocycles. The van der Waals surface area contributed by atoms with Crippen molar-refractivity contribution in [2.45, 2.75) is 32.9 Å². The first-order valence-corrected chi connectivity index (χ1v) is 9.42. The number of aromatic nitrogens is 3. The van der Waals surface area contributed by atoms with Gasteiger partial charge in [-0.1, -0.05) is 25.1 Å². The van der Waals surface area contributed by atoms with Crippen LogP contribution < -0.4 is 10.9 Å². The highest BCUT2D eigenvalue weighted by Gasteiger charge is 2.35. The molecule has 0 radical (unpaired) electrons. The predicted octanol–water partition coefficient (Wildman–Crippen LogP) is 1.83. The zero-order valence-electron chi connectivity index (χ0n) is 14.8. The number of hydrogen-bond acceptors (Lipinski definition) is 6. The molecule has 9 heteroatoms. The smallest absolute Gasteiger partial charge is 0.295 e. The third kappa shape index (κ3) is 2.89. The second-order valence-corrected chi connectivity index (χ2v) is 7.16. The summed E-state index contributed by atoms with van der Waals surface area (Å²) in [5, 5.41) is 8.68. The second kappa shape index (κ2) is 6.58. The van der Waals surface area contributed by atoms with E-state index in [0.29, 0.717) is 29.3 Å². The molecule has 1 aliphatic rings. The fraction of sp³-hybridized carbons (Fsp3) is 0.278. The lowest BCUT2D eigenvalue weighted by Gasteiger charge is -2.25. The Kier molecular flexibility index (Phi) is 4.23. The van der Waals surface area contributed by atoms with Crippen LogP contribution in [0.25, 0.3) is 4.96 Å². The summed E-state index contributed by atoms with van der Waals surface area (Å²) >= 11 is 1.21. The summed E-state index contributed by atoms with van der Waals surface area (Å²) in [5.41, 5.74) is 1.43. The maximum Gasteiger partial charge on any atom is 0.295 e. The number of anilines is 1. The van der Waals surface area contributed by atoms with Gasteiger partial charge in [0.05, 0.1) is 0 Å². The minimum Gasteiger partial charge on any atom is -0.322 e. The number of thiazole rings is 1. The van der Waals surface area contributed by atoms with E-state index in [-0.39, 0.29) is 23.1 Å². The Morgan fingerprint density at radius 2 is 2.11 bits per heavy atom. The Labute approximate surface area is 158 Å². The number of amides is 2. The summed E-state index contributed by atoms with van der Waals surface area (Å²) < 4.78 is 1.44. The summed E-state index contributed by atoms with van der Waals surface area (Å²) in [7, 11) is 0. The molecule has 27 heavy (non-hydrogen) atoms. The molecule has 0 saturated heterocycles. The van der Waals surface area contributed by atoms with E-state index in [1.165, 1.54) is 15.9 Å². The molecule has 4 rings (SSSR count). The van der Waals surface area contributed by atoms with Crippen molar-refractivity contribution in [2.75, 3.05) is 5.32 Å². The van der Waals surface area contributed by atoms with Gasteiger partial charge < -0.3 is 10.2 Å². The van der Waals surface area contributed by atoms with Gasteiger partial charge >= 0.3 is 0 Å². The van der Waals surface area contributed by atoms with Gasteiger partial charge in [-0.15, -0.1) is 11.3 Å². The monoisotopic (exact) mass is 383 g/mol. The first-order valence-electron chi connectivity index (χ1n) is 8.54. The third-order valence-electron chi connectivity index (χ3n) is 4.61. The Hall–Kier alpha value is -3.07. The topological polar surface area (TPSA) is 96.7 Å². The van der Waals surface area contributed by atoms with Crippen LogP contribution in [0.5, 0.6) is 0 Å². The van der Waals surface area contributed by atoms with Gasteiger partial charge in [0, 0.05) is 17.5 Å². The molecule has 1 atom stereocenters. The molecule has 0 spiro atoms. The van der Waals surface area contributed by atoms with Gasteiger partial charge in [-0.2, -0.15) is 14.6 Å². The van der Waals surface area contributed by atoms with Gasteiger partial charge in [-0.05, 0) is 25.0 Å². The highest BCUT2D eigenvalue weighted by molar-refractivity contribution is 7.15. The van der Waals surface area contributed by atoms with Gasteiger partial charge in [-0.25, -0.2) is 0 Å². The average Bonchev–Trinajstić information content (AvgIpc) is 3.18. The minimum atomic E-state index is -0.603. The molecule has 8 nitrogen and oxygen atoms in total. The van der Waals surface area contributed by atoms with Crippen molar-refractivity contribution in [1.29, 1.82) is 0 Å². The molecular weight excluding hydrogens is 366 g/mol.